The lowest BCUT2D eigenvalue weighted by atomic mass is 10.3. The molecule has 0 saturated carbocycles. The lowest BCUT2D eigenvalue weighted by molar-refractivity contribution is 0.320. The average Bonchev–Trinajstić information content (AvgIpc) is 3.02. The molecule has 0 radical (unpaired) electrons. The Bertz CT molecular complexity index is 759. The maximum Gasteiger partial charge on any atom is 0.201 e. The summed E-state index contributed by atoms with van der Waals surface area (Å²) in [6.45, 7) is 3.34. The van der Waals surface area contributed by atoms with Crippen LogP contribution < -0.4 is 10.5 Å². The number of anilines is 1. The second-order valence-electron chi connectivity index (χ2n) is 4.98. The fourth-order valence-electron chi connectivity index (χ4n) is 2.32. The monoisotopic (exact) mass is 285 g/mol. The number of rotatable bonds is 5. The van der Waals surface area contributed by atoms with E-state index in [1.54, 1.807) is 6.20 Å². The Morgan fingerprint density at radius 2 is 2.19 bits per heavy atom. The third-order valence-electron chi connectivity index (χ3n) is 3.45. The van der Waals surface area contributed by atoms with Crippen LogP contribution in [-0.4, -0.2) is 25.7 Å². The predicted octanol–water partition coefficient (Wildman–Crippen LogP) is 2.19. The Labute approximate surface area is 123 Å². The van der Waals surface area contributed by atoms with Gasteiger partial charge in [-0.15, -0.1) is 0 Å². The van der Waals surface area contributed by atoms with Gasteiger partial charge in [0, 0.05) is 19.4 Å². The maximum absolute atomic E-state index is 6.08. The van der Waals surface area contributed by atoms with Crippen molar-refractivity contribution < 1.29 is 4.74 Å². The van der Waals surface area contributed by atoms with Crippen LogP contribution in [0.2, 0.25) is 0 Å². The zero-order valence-corrected chi connectivity index (χ0v) is 12.3. The van der Waals surface area contributed by atoms with Gasteiger partial charge in [-0.05, 0) is 18.6 Å². The molecule has 1 aromatic carbocycles. The molecule has 0 aliphatic carbocycles. The van der Waals surface area contributed by atoms with Gasteiger partial charge in [0.15, 0.2) is 0 Å². The lowest BCUT2D eigenvalue weighted by Crippen LogP contribution is -2.08. The van der Waals surface area contributed by atoms with Gasteiger partial charge in [-0.2, -0.15) is 0 Å². The van der Waals surface area contributed by atoms with Crippen LogP contribution in [0.1, 0.15) is 19.2 Å². The van der Waals surface area contributed by atoms with Crippen molar-refractivity contribution in [3.63, 3.8) is 0 Å². The molecule has 0 aliphatic heterocycles. The van der Waals surface area contributed by atoms with Crippen molar-refractivity contribution >= 4 is 17.0 Å². The summed E-state index contributed by atoms with van der Waals surface area (Å²) in [4.78, 5) is 8.79. The number of nitrogens with two attached hydrogens (primary N) is 1. The standard InChI is InChI=1S/C15H19N5O/c1-3-9-21-12-6-4-5-11-14(12)18-15(16)20(11)10-13-17-7-8-19(13)2/h4-8H,3,9-10H2,1-2H3,(H2,16,18). The summed E-state index contributed by atoms with van der Waals surface area (Å²) in [5, 5.41) is 0. The van der Waals surface area contributed by atoms with E-state index in [0.29, 0.717) is 19.1 Å². The lowest BCUT2D eigenvalue weighted by Gasteiger charge is -2.08. The third-order valence-corrected chi connectivity index (χ3v) is 3.45. The summed E-state index contributed by atoms with van der Waals surface area (Å²) in [6.07, 6.45) is 4.65. The molecule has 0 aliphatic rings. The van der Waals surface area contributed by atoms with E-state index >= 15 is 0 Å². The van der Waals surface area contributed by atoms with Crippen LogP contribution in [0, 0.1) is 0 Å². The minimum atomic E-state index is 0.473. The number of nitrogen functional groups attached to an aromatic ring is 1. The van der Waals surface area contributed by atoms with Crippen molar-refractivity contribution in [1.82, 2.24) is 19.1 Å². The summed E-state index contributed by atoms with van der Waals surface area (Å²) in [6, 6.07) is 5.89. The van der Waals surface area contributed by atoms with Crippen molar-refractivity contribution in [3.05, 3.63) is 36.4 Å². The maximum atomic E-state index is 6.08. The van der Waals surface area contributed by atoms with Crippen molar-refractivity contribution in [2.24, 2.45) is 7.05 Å². The minimum Gasteiger partial charge on any atom is -0.491 e. The highest BCUT2D eigenvalue weighted by Crippen LogP contribution is 2.27. The number of benzene rings is 1. The molecular weight excluding hydrogens is 266 g/mol. The van der Waals surface area contributed by atoms with Crippen molar-refractivity contribution in [2.75, 3.05) is 12.3 Å². The number of fused-ring (bicyclic) bond motifs is 1. The molecule has 3 rings (SSSR count). The SMILES string of the molecule is CCCOc1cccc2c1nc(N)n2Cc1nccn1C. The average molecular weight is 285 g/mol. The van der Waals surface area contributed by atoms with Gasteiger partial charge in [0.25, 0.3) is 0 Å². The number of ether oxygens (including phenoxy) is 1. The molecule has 6 nitrogen and oxygen atoms in total. The van der Waals surface area contributed by atoms with Gasteiger partial charge in [-0.25, -0.2) is 9.97 Å². The normalized spacial score (nSPS) is 11.1. The topological polar surface area (TPSA) is 70.9 Å². The Morgan fingerprint density at radius 1 is 1.33 bits per heavy atom. The van der Waals surface area contributed by atoms with Crippen LogP contribution in [0.5, 0.6) is 5.75 Å². The first-order valence-electron chi connectivity index (χ1n) is 7.04. The molecular formula is C15H19N5O. The number of hydrogen-bond donors (Lipinski definition) is 1. The predicted molar refractivity (Wildman–Crippen MR) is 82.2 cm³/mol. The van der Waals surface area contributed by atoms with E-state index in [-0.39, 0.29) is 0 Å². The van der Waals surface area contributed by atoms with Crippen molar-refractivity contribution in [2.45, 2.75) is 19.9 Å². The van der Waals surface area contributed by atoms with Crippen molar-refractivity contribution in [3.8, 4) is 5.75 Å². The van der Waals surface area contributed by atoms with Gasteiger partial charge in [0.1, 0.15) is 17.1 Å². The smallest absolute Gasteiger partial charge is 0.201 e. The molecule has 6 heteroatoms. The largest absolute Gasteiger partial charge is 0.491 e. The highest BCUT2D eigenvalue weighted by atomic mass is 16.5. The van der Waals surface area contributed by atoms with E-state index in [0.717, 1.165) is 29.0 Å². The van der Waals surface area contributed by atoms with Crippen LogP contribution in [0.25, 0.3) is 11.0 Å². The molecule has 2 aromatic heterocycles. The Kier molecular flexibility index (Phi) is 3.51. The van der Waals surface area contributed by atoms with Crippen molar-refractivity contribution in [1.29, 1.82) is 0 Å². The number of hydrogen-bond acceptors (Lipinski definition) is 4. The van der Waals surface area contributed by atoms with Crippen LogP contribution in [0.3, 0.4) is 0 Å². The number of aryl methyl sites for hydroxylation is 1. The van der Waals surface area contributed by atoms with E-state index in [2.05, 4.69) is 16.9 Å². The number of nitrogens with zero attached hydrogens (tertiary/aromatic N) is 4. The quantitative estimate of drug-likeness (QED) is 0.780. The van der Waals surface area contributed by atoms with Gasteiger partial charge in [0.2, 0.25) is 5.95 Å². The van der Waals surface area contributed by atoms with Gasteiger partial charge in [-0.1, -0.05) is 13.0 Å². The molecule has 0 amide bonds. The first-order chi connectivity index (χ1) is 10.2. The second kappa shape index (κ2) is 5.47. The second-order valence-corrected chi connectivity index (χ2v) is 4.98. The molecule has 21 heavy (non-hydrogen) atoms. The van der Waals surface area contributed by atoms with Crippen LogP contribution in [0.4, 0.5) is 5.95 Å². The van der Waals surface area contributed by atoms with E-state index < -0.39 is 0 Å². The highest BCUT2D eigenvalue weighted by Gasteiger charge is 2.13. The number of imidazole rings is 2. The fraction of sp³-hybridized carbons (Fsp3) is 0.333. The molecule has 0 fully saturated rings. The summed E-state index contributed by atoms with van der Waals surface area (Å²) in [7, 11) is 1.97. The molecule has 0 unspecified atom stereocenters. The number of aromatic nitrogens is 4. The van der Waals surface area contributed by atoms with Crippen LogP contribution >= 0.6 is 0 Å². The highest BCUT2D eigenvalue weighted by molar-refractivity contribution is 5.84. The molecule has 0 atom stereocenters. The van der Waals surface area contributed by atoms with E-state index in [9.17, 15) is 0 Å². The summed E-state index contributed by atoms with van der Waals surface area (Å²) in [5.41, 5.74) is 7.84. The third kappa shape index (κ3) is 2.44. The molecule has 0 bridgehead atoms. The Morgan fingerprint density at radius 3 is 2.90 bits per heavy atom. The molecule has 0 saturated heterocycles. The molecule has 2 N–H and O–H groups in total. The number of para-hydroxylation sites is 1. The fourth-order valence-corrected chi connectivity index (χ4v) is 2.32. The van der Waals surface area contributed by atoms with Gasteiger partial charge < -0.3 is 19.6 Å². The first-order valence-corrected chi connectivity index (χ1v) is 7.04. The minimum absolute atomic E-state index is 0.473. The van der Waals surface area contributed by atoms with Gasteiger partial charge >= 0.3 is 0 Å². The van der Waals surface area contributed by atoms with Crippen LogP contribution in [0.15, 0.2) is 30.6 Å². The Hall–Kier alpha value is -2.50. The Balaban J connectivity index is 2.03. The zero-order valence-electron chi connectivity index (χ0n) is 12.3. The summed E-state index contributed by atoms with van der Waals surface area (Å²) >= 11 is 0. The van der Waals surface area contributed by atoms with Gasteiger partial charge in [0.05, 0.1) is 18.7 Å². The summed E-state index contributed by atoms with van der Waals surface area (Å²) in [5.74, 6) is 2.18. The molecule has 0 spiro atoms. The summed E-state index contributed by atoms with van der Waals surface area (Å²) < 4.78 is 9.67. The van der Waals surface area contributed by atoms with E-state index in [4.69, 9.17) is 10.5 Å². The van der Waals surface area contributed by atoms with Crippen LogP contribution in [-0.2, 0) is 13.6 Å². The van der Waals surface area contributed by atoms with E-state index in [1.165, 1.54) is 0 Å². The van der Waals surface area contributed by atoms with E-state index in [1.807, 2.05) is 40.6 Å². The zero-order chi connectivity index (χ0) is 14.8. The van der Waals surface area contributed by atoms with Gasteiger partial charge in [-0.3, -0.25) is 0 Å². The molecule has 3 aromatic rings. The molecule has 2 heterocycles. The molecule has 110 valence electrons. The first kappa shape index (κ1) is 13.5.